The molecule has 0 unspecified atom stereocenters. The van der Waals surface area contributed by atoms with Crippen LogP contribution in [0.5, 0.6) is 0 Å². The van der Waals surface area contributed by atoms with Crippen LogP contribution in [0, 0.1) is 5.92 Å². The van der Waals surface area contributed by atoms with Gasteiger partial charge in [-0.2, -0.15) is 8.42 Å². The Balaban J connectivity index is 0.00000256. The number of hydrogen-bond donors (Lipinski definition) is 1. The first-order chi connectivity index (χ1) is 7.37. The van der Waals surface area contributed by atoms with Crippen LogP contribution < -0.4 is 0 Å². The molecule has 0 fully saturated rings. The molecule has 0 saturated carbocycles. The summed E-state index contributed by atoms with van der Waals surface area (Å²) in [6.45, 7) is 4.29. The Morgan fingerprint density at radius 2 is 1.76 bits per heavy atom. The molecule has 5 heteroatoms. The molecule has 0 amide bonds. The summed E-state index contributed by atoms with van der Waals surface area (Å²) in [5.41, 5.74) is 1.98. The fourth-order valence-electron chi connectivity index (χ4n) is 1.40. The van der Waals surface area contributed by atoms with Gasteiger partial charge in [0.15, 0.2) is 0 Å². The van der Waals surface area contributed by atoms with E-state index in [0.717, 1.165) is 17.4 Å². The molecule has 1 N–H and O–H groups in total. The van der Waals surface area contributed by atoms with Crippen LogP contribution in [0.3, 0.4) is 0 Å². The third kappa shape index (κ3) is 7.73. The predicted octanol–water partition coefficient (Wildman–Crippen LogP) is 2.10. The van der Waals surface area contributed by atoms with Crippen molar-refractivity contribution in [1.82, 2.24) is 0 Å². The van der Waals surface area contributed by atoms with Gasteiger partial charge < -0.3 is 0 Å². The molecule has 17 heavy (non-hydrogen) atoms. The van der Waals surface area contributed by atoms with Gasteiger partial charge in [-0.15, -0.1) is 0 Å². The molecule has 0 aromatic heterocycles. The van der Waals surface area contributed by atoms with E-state index in [1.165, 1.54) is 11.6 Å². The van der Waals surface area contributed by atoms with Gasteiger partial charge in [-0.3, -0.25) is 4.55 Å². The van der Waals surface area contributed by atoms with E-state index in [2.05, 4.69) is 13.8 Å². The quantitative estimate of drug-likeness (QED) is 0.669. The van der Waals surface area contributed by atoms with E-state index in [-0.39, 0.29) is 29.6 Å². The summed E-state index contributed by atoms with van der Waals surface area (Å²) in [5.74, 6) is 0.596. The molecule has 0 aliphatic rings. The molecule has 0 spiro atoms. The molecular formula is C12H17NaO3S. The van der Waals surface area contributed by atoms with Gasteiger partial charge in [-0.05, 0) is 29.5 Å². The van der Waals surface area contributed by atoms with Crippen molar-refractivity contribution in [2.24, 2.45) is 5.92 Å². The maximum atomic E-state index is 10.5. The Morgan fingerprint density at radius 3 is 2.18 bits per heavy atom. The molecule has 0 aliphatic carbocycles. The zero-order valence-electron chi connectivity index (χ0n) is 9.42. The Kier molecular flexibility index (Phi) is 7.28. The van der Waals surface area contributed by atoms with E-state index in [1.54, 1.807) is 0 Å². The van der Waals surface area contributed by atoms with E-state index >= 15 is 0 Å². The Bertz CT molecular complexity index is 461. The summed E-state index contributed by atoms with van der Waals surface area (Å²) in [5, 5.41) is 0.782. The van der Waals surface area contributed by atoms with Gasteiger partial charge in [0.1, 0.15) is 0 Å². The maximum absolute atomic E-state index is 10.5. The molecule has 0 bridgehead atoms. The first-order valence-corrected chi connectivity index (χ1v) is 6.61. The Labute approximate surface area is 125 Å². The van der Waals surface area contributed by atoms with Crippen molar-refractivity contribution in [2.45, 2.75) is 20.3 Å². The average Bonchev–Trinajstić information content (AvgIpc) is 2.14. The van der Waals surface area contributed by atoms with Gasteiger partial charge in [0.05, 0.1) is 5.41 Å². The van der Waals surface area contributed by atoms with Crippen molar-refractivity contribution >= 4 is 45.8 Å². The van der Waals surface area contributed by atoms with Crippen LogP contribution in [-0.2, 0) is 16.5 Å². The predicted molar refractivity (Wildman–Crippen MR) is 72.7 cm³/mol. The number of rotatable bonds is 4. The van der Waals surface area contributed by atoms with Gasteiger partial charge in [0, 0.05) is 0 Å². The molecule has 1 rings (SSSR count). The molecule has 0 saturated heterocycles. The van der Waals surface area contributed by atoms with Crippen molar-refractivity contribution in [1.29, 1.82) is 0 Å². The van der Waals surface area contributed by atoms with Gasteiger partial charge in [0.25, 0.3) is 10.1 Å². The van der Waals surface area contributed by atoms with E-state index in [1.807, 2.05) is 24.3 Å². The minimum absolute atomic E-state index is 0. The molecular weight excluding hydrogens is 247 g/mol. The van der Waals surface area contributed by atoms with Gasteiger partial charge >= 0.3 is 29.6 Å². The van der Waals surface area contributed by atoms with Gasteiger partial charge in [-0.1, -0.05) is 38.1 Å². The van der Waals surface area contributed by atoms with Crippen molar-refractivity contribution in [3.8, 4) is 0 Å². The van der Waals surface area contributed by atoms with Gasteiger partial charge in [0.2, 0.25) is 0 Å². The molecule has 1 aromatic carbocycles. The van der Waals surface area contributed by atoms with Crippen LogP contribution in [0.1, 0.15) is 25.0 Å². The van der Waals surface area contributed by atoms with Crippen molar-refractivity contribution < 1.29 is 13.0 Å². The second kappa shape index (κ2) is 7.34. The van der Waals surface area contributed by atoms with E-state index < -0.39 is 10.1 Å². The van der Waals surface area contributed by atoms with E-state index in [4.69, 9.17) is 4.55 Å². The van der Waals surface area contributed by atoms with Crippen molar-refractivity contribution in [3.05, 3.63) is 40.8 Å². The standard InChI is InChI=1S/C12H16O3S.Na.H/c1-10(2)9-12-5-3-11(4-6-12)7-8-16(13,14)15;;/h3-8,10H,9H2,1-2H3,(H,13,14,15);;. The van der Waals surface area contributed by atoms with Crippen molar-refractivity contribution in [3.63, 3.8) is 0 Å². The fraction of sp³-hybridized carbons (Fsp3) is 0.333. The summed E-state index contributed by atoms with van der Waals surface area (Å²) in [6, 6.07) is 7.59. The summed E-state index contributed by atoms with van der Waals surface area (Å²) in [4.78, 5) is 0. The molecule has 1 aromatic rings. The number of hydrogen-bond acceptors (Lipinski definition) is 2. The molecule has 3 nitrogen and oxygen atoms in total. The van der Waals surface area contributed by atoms with Crippen LogP contribution in [0.25, 0.3) is 6.08 Å². The summed E-state index contributed by atoms with van der Waals surface area (Å²) >= 11 is 0. The monoisotopic (exact) mass is 264 g/mol. The zero-order chi connectivity index (χ0) is 12.2. The van der Waals surface area contributed by atoms with Crippen LogP contribution in [0.2, 0.25) is 0 Å². The van der Waals surface area contributed by atoms with E-state index in [0.29, 0.717) is 5.92 Å². The van der Waals surface area contributed by atoms with Crippen LogP contribution >= 0.6 is 0 Å². The molecule has 0 radical (unpaired) electrons. The third-order valence-electron chi connectivity index (χ3n) is 2.06. The van der Waals surface area contributed by atoms with Crippen molar-refractivity contribution in [2.75, 3.05) is 0 Å². The zero-order valence-corrected chi connectivity index (χ0v) is 10.2. The molecule has 90 valence electrons. The number of benzene rings is 1. The first-order valence-electron chi connectivity index (χ1n) is 5.11. The topological polar surface area (TPSA) is 54.4 Å². The summed E-state index contributed by atoms with van der Waals surface area (Å²) in [6.07, 6.45) is 2.37. The van der Waals surface area contributed by atoms with E-state index in [9.17, 15) is 8.42 Å². The average molecular weight is 264 g/mol. The van der Waals surface area contributed by atoms with Crippen LogP contribution in [0.4, 0.5) is 0 Å². The summed E-state index contributed by atoms with van der Waals surface area (Å²) < 4.78 is 29.5. The van der Waals surface area contributed by atoms with Crippen LogP contribution in [-0.4, -0.2) is 42.5 Å². The Hall–Kier alpha value is -0.130. The molecule has 0 aliphatic heterocycles. The first kappa shape index (κ1) is 16.9. The molecule has 0 atom stereocenters. The molecule has 0 heterocycles. The second-order valence-corrected chi connectivity index (χ2v) is 5.46. The van der Waals surface area contributed by atoms with Crippen LogP contribution in [0.15, 0.2) is 29.7 Å². The van der Waals surface area contributed by atoms with Gasteiger partial charge in [-0.25, -0.2) is 0 Å². The Morgan fingerprint density at radius 1 is 1.24 bits per heavy atom. The normalized spacial score (nSPS) is 11.8. The fourth-order valence-corrected chi connectivity index (χ4v) is 1.73. The SMILES string of the molecule is CC(C)Cc1ccc(C=CS(=O)(=O)O)cc1.[NaH]. The third-order valence-corrected chi connectivity index (χ3v) is 2.54. The minimum atomic E-state index is -4.03. The summed E-state index contributed by atoms with van der Waals surface area (Å²) in [7, 11) is -4.03. The second-order valence-electron chi connectivity index (χ2n) is 4.16.